The molecular formula is C8H4Cl5NO. The van der Waals surface area contributed by atoms with E-state index in [1.807, 2.05) is 0 Å². The molecule has 0 unspecified atom stereocenters. The number of hydrogen-bond donors (Lipinski definition) is 1. The molecule has 0 heterocycles. The van der Waals surface area contributed by atoms with Crippen molar-refractivity contribution in [2.45, 2.75) is 4.84 Å². The lowest BCUT2D eigenvalue weighted by molar-refractivity contribution is -0.114. The fourth-order valence-corrected chi connectivity index (χ4v) is 1.50. The third-order valence-corrected chi connectivity index (χ3v) is 3.18. The van der Waals surface area contributed by atoms with Crippen molar-refractivity contribution in [3.8, 4) is 0 Å². The summed E-state index contributed by atoms with van der Waals surface area (Å²) in [5.74, 6) is -0.585. The molecule has 0 saturated carbocycles. The van der Waals surface area contributed by atoms with Crippen molar-refractivity contribution in [1.82, 2.24) is 0 Å². The van der Waals surface area contributed by atoms with Gasteiger partial charge in [0.05, 0.1) is 20.8 Å². The van der Waals surface area contributed by atoms with Crippen LogP contribution in [-0.2, 0) is 4.79 Å². The van der Waals surface area contributed by atoms with E-state index in [1.165, 1.54) is 12.1 Å². The van der Waals surface area contributed by atoms with Crippen LogP contribution in [-0.4, -0.2) is 10.7 Å². The first kappa shape index (κ1) is 13.2. The summed E-state index contributed by atoms with van der Waals surface area (Å²) in [5.41, 5.74) is 0.308. The highest BCUT2D eigenvalue weighted by Gasteiger charge is 2.15. The van der Waals surface area contributed by atoms with Gasteiger partial charge in [-0.25, -0.2) is 0 Å². The predicted molar refractivity (Wildman–Crippen MR) is 65.6 cm³/mol. The molecule has 2 nitrogen and oxygen atoms in total. The van der Waals surface area contributed by atoms with Gasteiger partial charge in [0.15, 0.2) is 4.84 Å². The zero-order valence-electron chi connectivity index (χ0n) is 7.03. The summed E-state index contributed by atoms with van der Waals surface area (Å²) >= 11 is 28.0. The number of nitrogens with one attached hydrogen (secondary N) is 1. The van der Waals surface area contributed by atoms with Crippen LogP contribution in [0.3, 0.4) is 0 Å². The topological polar surface area (TPSA) is 29.1 Å². The van der Waals surface area contributed by atoms with Gasteiger partial charge in [0.2, 0.25) is 0 Å². The third kappa shape index (κ3) is 3.30. The van der Waals surface area contributed by atoms with Crippen molar-refractivity contribution >= 4 is 69.6 Å². The van der Waals surface area contributed by atoms with E-state index >= 15 is 0 Å². The van der Waals surface area contributed by atoms with Crippen LogP contribution >= 0.6 is 58.0 Å². The van der Waals surface area contributed by atoms with E-state index in [0.717, 1.165) is 0 Å². The summed E-state index contributed by atoms with van der Waals surface area (Å²) in [6.07, 6.45) is 0. The zero-order chi connectivity index (χ0) is 11.6. The molecule has 1 aromatic rings. The molecule has 1 rings (SSSR count). The second-order valence-electron chi connectivity index (χ2n) is 2.51. The molecular weight excluding hydrogens is 303 g/mol. The minimum atomic E-state index is -1.17. The van der Waals surface area contributed by atoms with Crippen molar-refractivity contribution in [3.63, 3.8) is 0 Å². The van der Waals surface area contributed by atoms with Crippen molar-refractivity contribution in [1.29, 1.82) is 0 Å². The molecule has 15 heavy (non-hydrogen) atoms. The molecule has 0 aliphatic rings. The van der Waals surface area contributed by atoms with Crippen LogP contribution in [0.15, 0.2) is 12.1 Å². The Morgan fingerprint density at radius 1 is 1.13 bits per heavy atom. The van der Waals surface area contributed by atoms with Crippen molar-refractivity contribution in [2.75, 3.05) is 5.32 Å². The van der Waals surface area contributed by atoms with Gasteiger partial charge in [0, 0.05) is 0 Å². The van der Waals surface area contributed by atoms with Crippen molar-refractivity contribution < 1.29 is 4.79 Å². The van der Waals surface area contributed by atoms with Gasteiger partial charge in [-0.2, -0.15) is 0 Å². The maximum absolute atomic E-state index is 11.2. The van der Waals surface area contributed by atoms with Gasteiger partial charge in [0.25, 0.3) is 5.91 Å². The molecule has 0 aliphatic heterocycles. The number of alkyl halides is 2. The van der Waals surface area contributed by atoms with Crippen LogP contribution in [0.1, 0.15) is 0 Å². The molecule has 0 radical (unpaired) electrons. The number of amides is 1. The largest absolute Gasteiger partial charge is 0.322 e. The summed E-state index contributed by atoms with van der Waals surface area (Å²) < 4.78 is 0. The minimum absolute atomic E-state index is 0.145. The van der Waals surface area contributed by atoms with Gasteiger partial charge in [-0.1, -0.05) is 58.0 Å². The Labute approximate surface area is 111 Å². The Morgan fingerprint density at radius 2 is 1.73 bits per heavy atom. The number of carbonyl (C=O) groups is 1. The molecule has 0 aliphatic carbocycles. The highest BCUT2D eigenvalue weighted by molar-refractivity contribution is 6.55. The quantitative estimate of drug-likeness (QED) is 0.637. The number of halogens is 5. The van der Waals surface area contributed by atoms with E-state index in [-0.39, 0.29) is 10.0 Å². The first-order valence-electron chi connectivity index (χ1n) is 3.66. The Bertz CT molecular complexity index is 393. The maximum atomic E-state index is 11.2. The van der Waals surface area contributed by atoms with Crippen LogP contribution in [0, 0.1) is 0 Å². The van der Waals surface area contributed by atoms with Crippen LogP contribution in [0.4, 0.5) is 5.69 Å². The Morgan fingerprint density at radius 3 is 2.27 bits per heavy atom. The lowest BCUT2D eigenvalue weighted by atomic mass is 10.3. The number of hydrogen-bond acceptors (Lipinski definition) is 1. The average Bonchev–Trinajstić information content (AvgIpc) is 2.18. The minimum Gasteiger partial charge on any atom is -0.322 e. The van der Waals surface area contributed by atoms with Gasteiger partial charge in [-0.15, -0.1) is 0 Å². The summed E-state index contributed by atoms with van der Waals surface area (Å²) in [6, 6.07) is 3.01. The fraction of sp³-hybridized carbons (Fsp3) is 0.125. The smallest absolute Gasteiger partial charge is 0.257 e. The number of anilines is 1. The van der Waals surface area contributed by atoms with Crippen LogP contribution in [0.2, 0.25) is 15.1 Å². The fourth-order valence-electron chi connectivity index (χ4n) is 0.810. The number of carbonyl (C=O) groups excluding carboxylic acids is 1. The lowest BCUT2D eigenvalue weighted by Gasteiger charge is -2.09. The highest BCUT2D eigenvalue weighted by atomic mass is 35.5. The van der Waals surface area contributed by atoms with Crippen LogP contribution in [0.25, 0.3) is 0 Å². The van der Waals surface area contributed by atoms with Crippen molar-refractivity contribution in [3.05, 3.63) is 27.2 Å². The number of rotatable bonds is 2. The zero-order valence-corrected chi connectivity index (χ0v) is 10.8. The lowest BCUT2D eigenvalue weighted by Crippen LogP contribution is -2.18. The Balaban J connectivity index is 2.97. The molecule has 0 fully saturated rings. The van der Waals surface area contributed by atoms with Gasteiger partial charge < -0.3 is 5.32 Å². The summed E-state index contributed by atoms with van der Waals surface area (Å²) in [7, 11) is 0. The monoisotopic (exact) mass is 305 g/mol. The van der Waals surface area contributed by atoms with Gasteiger partial charge in [-0.3, -0.25) is 4.79 Å². The molecule has 0 bridgehead atoms. The summed E-state index contributed by atoms with van der Waals surface area (Å²) in [6.45, 7) is 0. The molecule has 1 amide bonds. The average molecular weight is 307 g/mol. The van der Waals surface area contributed by atoms with Crippen molar-refractivity contribution in [2.24, 2.45) is 0 Å². The molecule has 7 heteroatoms. The van der Waals surface area contributed by atoms with E-state index in [2.05, 4.69) is 5.32 Å². The number of benzene rings is 1. The molecule has 82 valence electrons. The van der Waals surface area contributed by atoms with E-state index in [1.54, 1.807) is 0 Å². The summed E-state index contributed by atoms with van der Waals surface area (Å²) in [4.78, 5) is 9.98. The van der Waals surface area contributed by atoms with E-state index < -0.39 is 10.7 Å². The highest BCUT2D eigenvalue weighted by Crippen LogP contribution is 2.35. The molecule has 0 spiro atoms. The first-order chi connectivity index (χ1) is 6.93. The Hall–Kier alpha value is 0.140. The molecule has 0 aromatic heterocycles. The Kier molecular flexibility index (Phi) is 4.81. The van der Waals surface area contributed by atoms with Crippen LogP contribution < -0.4 is 5.32 Å². The van der Waals surface area contributed by atoms with Crippen LogP contribution in [0.5, 0.6) is 0 Å². The second kappa shape index (κ2) is 5.46. The molecule has 0 atom stereocenters. The second-order valence-corrected chi connectivity index (χ2v) is 4.77. The standard InChI is InChI=1S/C8H4Cl5NO/c9-3-1-2-4(6(11)5(3)10)14-8(15)7(12)13/h1-2,7H,(H,14,15). The van der Waals surface area contributed by atoms with E-state index in [9.17, 15) is 4.79 Å². The normalized spacial score (nSPS) is 10.5. The van der Waals surface area contributed by atoms with E-state index in [4.69, 9.17) is 58.0 Å². The van der Waals surface area contributed by atoms with Gasteiger partial charge in [-0.05, 0) is 12.1 Å². The van der Waals surface area contributed by atoms with Gasteiger partial charge >= 0.3 is 0 Å². The molecule has 1 N–H and O–H groups in total. The van der Waals surface area contributed by atoms with Gasteiger partial charge in [0.1, 0.15) is 0 Å². The SMILES string of the molecule is O=C(Nc1ccc(Cl)c(Cl)c1Cl)C(Cl)Cl. The van der Waals surface area contributed by atoms with E-state index in [0.29, 0.717) is 10.7 Å². The molecule has 0 saturated heterocycles. The maximum Gasteiger partial charge on any atom is 0.257 e. The predicted octanol–water partition coefficient (Wildman–Crippen LogP) is 4.39. The molecule has 1 aromatic carbocycles. The first-order valence-corrected chi connectivity index (χ1v) is 5.66. The third-order valence-electron chi connectivity index (χ3n) is 1.49. The summed E-state index contributed by atoms with van der Waals surface area (Å²) in [5, 5.41) is 3.01.